The Balaban J connectivity index is 1.79. The van der Waals surface area contributed by atoms with E-state index in [-0.39, 0.29) is 5.69 Å². The van der Waals surface area contributed by atoms with Gasteiger partial charge >= 0.3 is 5.97 Å². The number of carboxylic acids is 1. The van der Waals surface area contributed by atoms with Gasteiger partial charge in [-0.05, 0) is 31.2 Å². The van der Waals surface area contributed by atoms with E-state index in [4.69, 9.17) is 21.2 Å². The number of carbonyl (C=O) groups is 1. The zero-order chi connectivity index (χ0) is 17.1. The summed E-state index contributed by atoms with van der Waals surface area (Å²) in [6, 6.07) is 6.39. The monoisotopic (exact) mass is 345 g/mol. The number of halogens is 1. The lowest BCUT2D eigenvalue weighted by Crippen LogP contribution is -2.07. The van der Waals surface area contributed by atoms with Crippen LogP contribution < -0.4 is 5.32 Å². The number of aryl methyl sites for hydroxylation is 1. The van der Waals surface area contributed by atoms with Gasteiger partial charge in [-0.25, -0.2) is 4.79 Å². The Morgan fingerprint density at radius 1 is 1.29 bits per heavy atom. The van der Waals surface area contributed by atoms with E-state index in [0.29, 0.717) is 34.5 Å². The van der Waals surface area contributed by atoms with Crippen molar-refractivity contribution in [2.45, 2.75) is 13.5 Å². The van der Waals surface area contributed by atoms with E-state index in [0.717, 1.165) is 5.56 Å². The molecule has 0 aliphatic rings. The van der Waals surface area contributed by atoms with E-state index in [1.165, 1.54) is 12.3 Å². The average molecular weight is 346 g/mol. The number of aromatic carboxylic acids is 1. The van der Waals surface area contributed by atoms with Crippen LogP contribution in [-0.4, -0.2) is 31.4 Å². The predicted molar refractivity (Wildman–Crippen MR) is 85.8 cm³/mol. The van der Waals surface area contributed by atoms with E-state index in [1.54, 1.807) is 25.1 Å². The maximum absolute atomic E-state index is 10.8. The molecule has 3 rings (SSSR count). The standard InChI is InChI=1S/C15H12ClN5O3/c1-8-10(7-18-13-5-4-12(15(22)23)19-20-13)14(21-24-8)11-3-2-9(16)6-17-11/h2-6H,7H2,1H3,(H,18,20)(H,22,23). The third kappa shape index (κ3) is 3.33. The summed E-state index contributed by atoms with van der Waals surface area (Å²) >= 11 is 5.84. The van der Waals surface area contributed by atoms with Crippen LogP contribution in [0.4, 0.5) is 5.82 Å². The maximum atomic E-state index is 10.8. The number of pyridine rings is 1. The van der Waals surface area contributed by atoms with Gasteiger partial charge in [0, 0.05) is 18.3 Å². The summed E-state index contributed by atoms with van der Waals surface area (Å²) in [7, 11) is 0. The van der Waals surface area contributed by atoms with Gasteiger partial charge in [-0.2, -0.15) is 0 Å². The van der Waals surface area contributed by atoms with Crippen molar-refractivity contribution in [1.29, 1.82) is 0 Å². The minimum absolute atomic E-state index is 0.118. The number of anilines is 1. The van der Waals surface area contributed by atoms with Gasteiger partial charge in [0.2, 0.25) is 0 Å². The summed E-state index contributed by atoms with van der Waals surface area (Å²) in [6.07, 6.45) is 1.54. The van der Waals surface area contributed by atoms with Crippen LogP contribution in [0.5, 0.6) is 0 Å². The second kappa shape index (κ2) is 6.63. The molecule has 8 nitrogen and oxygen atoms in total. The lowest BCUT2D eigenvalue weighted by atomic mass is 10.1. The summed E-state index contributed by atoms with van der Waals surface area (Å²) in [6.45, 7) is 2.17. The average Bonchev–Trinajstić information content (AvgIpc) is 2.95. The molecule has 0 aromatic carbocycles. The summed E-state index contributed by atoms with van der Waals surface area (Å²) in [4.78, 5) is 15.0. The Hall–Kier alpha value is -3.00. The van der Waals surface area contributed by atoms with Crippen molar-refractivity contribution in [3.05, 3.63) is 52.5 Å². The molecule has 0 aliphatic heterocycles. The van der Waals surface area contributed by atoms with Crippen LogP contribution in [-0.2, 0) is 6.54 Å². The fourth-order valence-corrected chi connectivity index (χ4v) is 2.15. The molecule has 0 saturated heterocycles. The Labute approximate surface area is 141 Å². The number of carboxylic acid groups (broad SMARTS) is 1. The Morgan fingerprint density at radius 3 is 2.75 bits per heavy atom. The van der Waals surface area contributed by atoms with Crippen molar-refractivity contribution in [3.63, 3.8) is 0 Å². The van der Waals surface area contributed by atoms with Crippen molar-refractivity contribution in [3.8, 4) is 11.4 Å². The third-order valence-electron chi connectivity index (χ3n) is 3.28. The summed E-state index contributed by atoms with van der Waals surface area (Å²) < 4.78 is 5.24. The number of hydrogen-bond donors (Lipinski definition) is 2. The molecule has 2 N–H and O–H groups in total. The Morgan fingerprint density at radius 2 is 2.12 bits per heavy atom. The topological polar surface area (TPSA) is 114 Å². The smallest absolute Gasteiger partial charge is 0.356 e. The molecule has 0 radical (unpaired) electrons. The molecule has 0 bridgehead atoms. The molecule has 0 fully saturated rings. The Bertz CT molecular complexity index is 862. The van der Waals surface area contributed by atoms with Crippen molar-refractivity contribution in [2.24, 2.45) is 0 Å². The van der Waals surface area contributed by atoms with Crippen molar-refractivity contribution in [1.82, 2.24) is 20.3 Å². The lowest BCUT2D eigenvalue weighted by Gasteiger charge is -2.05. The number of nitrogens with one attached hydrogen (secondary N) is 1. The second-order valence-corrected chi connectivity index (χ2v) is 5.33. The first-order chi connectivity index (χ1) is 11.5. The van der Waals surface area contributed by atoms with E-state index in [1.807, 2.05) is 0 Å². The highest BCUT2D eigenvalue weighted by Gasteiger charge is 2.16. The molecule has 3 aromatic rings. The van der Waals surface area contributed by atoms with Crippen LogP contribution in [0.1, 0.15) is 21.8 Å². The molecule has 3 heterocycles. The van der Waals surface area contributed by atoms with Crippen molar-refractivity contribution in [2.75, 3.05) is 5.32 Å². The molecule has 3 aromatic heterocycles. The SMILES string of the molecule is Cc1onc(-c2ccc(Cl)cn2)c1CNc1ccc(C(=O)O)nn1. The highest BCUT2D eigenvalue weighted by Crippen LogP contribution is 2.25. The summed E-state index contributed by atoms with van der Waals surface area (Å²) in [5.41, 5.74) is 1.94. The van der Waals surface area contributed by atoms with Crippen molar-refractivity contribution >= 4 is 23.4 Å². The van der Waals surface area contributed by atoms with Gasteiger partial charge in [-0.15, -0.1) is 10.2 Å². The molecule has 0 aliphatic carbocycles. The molecule has 0 saturated carbocycles. The van der Waals surface area contributed by atoms with Gasteiger partial charge in [-0.1, -0.05) is 16.8 Å². The van der Waals surface area contributed by atoms with Crippen LogP contribution >= 0.6 is 11.6 Å². The molecule has 122 valence electrons. The first kappa shape index (κ1) is 15.9. The number of aromatic nitrogens is 4. The zero-order valence-electron chi connectivity index (χ0n) is 12.5. The number of nitrogens with zero attached hydrogens (tertiary/aromatic N) is 4. The second-order valence-electron chi connectivity index (χ2n) is 4.89. The molecule has 24 heavy (non-hydrogen) atoms. The van der Waals surface area contributed by atoms with Gasteiger partial charge in [0.1, 0.15) is 17.3 Å². The first-order valence-electron chi connectivity index (χ1n) is 6.92. The molecular formula is C15H12ClN5O3. The van der Waals surface area contributed by atoms with Gasteiger partial charge in [0.05, 0.1) is 10.7 Å². The van der Waals surface area contributed by atoms with Crippen LogP contribution in [0.2, 0.25) is 5.02 Å². The largest absolute Gasteiger partial charge is 0.476 e. The van der Waals surface area contributed by atoms with Crippen LogP contribution in [0.25, 0.3) is 11.4 Å². The van der Waals surface area contributed by atoms with Crippen LogP contribution in [0.15, 0.2) is 35.0 Å². The molecule has 0 unspecified atom stereocenters. The molecular weight excluding hydrogens is 334 g/mol. The minimum Gasteiger partial charge on any atom is -0.476 e. The molecule has 0 spiro atoms. The van der Waals surface area contributed by atoms with Crippen LogP contribution in [0, 0.1) is 6.92 Å². The normalized spacial score (nSPS) is 10.6. The highest BCUT2D eigenvalue weighted by molar-refractivity contribution is 6.30. The molecule has 0 amide bonds. The van der Waals surface area contributed by atoms with Gasteiger partial charge in [0.15, 0.2) is 5.69 Å². The van der Waals surface area contributed by atoms with E-state index in [9.17, 15) is 4.79 Å². The number of hydrogen-bond acceptors (Lipinski definition) is 7. The van der Waals surface area contributed by atoms with Gasteiger partial charge in [-0.3, -0.25) is 4.98 Å². The van der Waals surface area contributed by atoms with Crippen LogP contribution in [0.3, 0.4) is 0 Å². The fourth-order valence-electron chi connectivity index (χ4n) is 2.04. The molecule has 9 heteroatoms. The van der Waals surface area contributed by atoms with E-state index in [2.05, 4.69) is 25.7 Å². The van der Waals surface area contributed by atoms with E-state index >= 15 is 0 Å². The lowest BCUT2D eigenvalue weighted by molar-refractivity contribution is 0.0689. The molecule has 0 atom stereocenters. The van der Waals surface area contributed by atoms with Crippen molar-refractivity contribution < 1.29 is 14.4 Å². The minimum atomic E-state index is -1.12. The Kier molecular flexibility index (Phi) is 4.39. The zero-order valence-corrected chi connectivity index (χ0v) is 13.3. The third-order valence-corrected chi connectivity index (χ3v) is 3.51. The van der Waals surface area contributed by atoms with Gasteiger partial charge < -0.3 is 14.9 Å². The highest BCUT2D eigenvalue weighted by atomic mass is 35.5. The summed E-state index contributed by atoms with van der Waals surface area (Å²) in [5.74, 6) is -0.0417. The number of rotatable bonds is 5. The predicted octanol–water partition coefficient (Wildman–Crippen LogP) is 2.80. The fraction of sp³-hybridized carbons (Fsp3) is 0.133. The summed E-state index contributed by atoms with van der Waals surface area (Å²) in [5, 5.41) is 23.9. The first-order valence-corrected chi connectivity index (χ1v) is 7.30. The van der Waals surface area contributed by atoms with E-state index < -0.39 is 5.97 Å². The maximum Gasteiger partial charge on any atom is 0.356 e. The quantitative estimate of drug-likeness (QED) is 0.725. The van der Waals surface area contributed by atoms with Gasteiger partial charge in [0.25, 0.3) is 0 Å².